The van der Waals surface area contributed by atoms with Gasteiger partial charge in [0.15, 0.2) is 5.82 Å². The standard InChI is InChI=1S/C45H30N4/c1-6-17-31(18-7-1)38-30-39(32-19-8-2-9-20-32)47-45(46-38)37-28-16-27-36-29-40(33-21-10-3-11-22-33)49-44(41(36)37)42(34-23-12-4-13-24-34)43(48-49)35-25-14-5-15-26-35/h1-30H. The van der Waals surface area contributed by atoms with Crippen molar-refractivity contribution in [3.8, 4) is 67.5 Å². The molecule has 0 saturated heterocycles. The molecule has 4 heteroatoms. The average Bonchev–Trinajstić information content (AvgIpc) is 3.60. The first-order chi connectivity index (χ1) is 24.3. The highest BCUT2D eigenvalue weighted by molar-refractivity contribution is 6.14. The Morgan fingerprint density at radius 1 is 0.408 bits per heavy atom. The summed E-state index contributed by atoms with van der Waals surface area (Å²) in [4.78, 5) is 10.5. The molecule has 0 bridgehead atoms. The van der Waals surface area contributed by atoms with E-state index in [0.29, 0.717) is 5.82 Å². The van der Waals surface area contributed by atoms with Crippen molar-refractivity contribution in [2.24, 2.45) is 0 Å². The number of pyridine rings is 1. The molecule has 0 aliphatic heterocycles. The molecular weight excluding hydrogens is 597 g/mol. The van der Waals surface area contributed by atoms with Crippen molar-refractivity contribution < 1.29 is 0 Å². The van der Waals surface area contributed by atoms with Gasteiger partial charge >= 0.3 is 0 Å². The van der Waals surface area contributed by atoms with E-state index in [1.54, 1.807) is 0 Å². The fourth-order valence-electron chi connectivity index (χ4n) is 6.74. The molecule has 0 N–H and O–H groups in total. The summed E-state index contributed by atoms with van der Waals surface area (Å²) >= 11 is 0. The predicted octanol–water partition coefficient (Wildman–Crippen LogP) is 11.3. The van der Waals surface area contributed by atoms with E-state index in [0.717, 1.165) is 78.0 Å². The summed E-state index contributed by atoms with van der Waals surface area (Å²) in [5, 5.41) is 7.58. The smallest absolute Gasteiger partial charge is 0.161 e. The third-order valence-electron chi connectivity index (χ3n) is 9.02. The SMILES string of the molecule is c1ccc(-c2cc(-c3ccccc3)nc(-c3cccc4cc(-c5ccccc5)n5nc(-c6ccccc6)c(-c6ccccc6)c5c34)n2)cc1. The lowest BCUT2D eigenvalue weighted by Gasteiger charge is -2.15. The van der Waals surface area contributed by atoms with Gasteiger partial charge in [0.1, 0.15) is 5.69 Å². The molecule has 0 saturated carbocycles. The van der Waals surface area contributed by atoms with Crippen LogP contribution in [-0.4, -0.2) is 19.6 Å². The van der Waals surface area contributed by atoms with Gasteiger partial charge in [-0.05, 0) is 23.1 Å². The van der Waals surface area contributed by atoms with Crippen molar-refractivity contribution in [2.45, 2.75) is 0 Å². The zero-order chi connectivity index (χ0) is 32.6. The fraction of sp³-hybridized carbons (Fsp3) is 0. The van der Waals surface area contributed by atoms with E-state index in [9.17, 15) is 0 Å². The van der Waals surface area contributed by atoms with Gasteiger partial charge in [-0.15, -0.1) is 0 Å². The average molecular weight is 627 g/mol. The van der Waals surface area contributed by atoms with Gasteiger partial charge in [-0.2, -0.15) is 5.10 Å². The van der Waals surface area contributed by atoms with Gasteiger partial charge < -0.3 is 0 Å². The Balaban J connectivity index is 1.43. The van der Waals surface area contributed by atoms with E-state index in [2.05, 4.69) is 168 Å². The number of aromatic nitrogens is 4. The maximum atomic E-state index is 5.43. The van der Waals surface area contributed by atoms with Gasteiger partial charge in [-0.3, -0.25) is 0 Å². The number of rotatable bonds is 6. The molecule has 49 heavy (non-hydrogen) atoms. The molecule has 0 spiro atoms. The Bertz CT molecular complexity index is 2500. The molecule has 230 valence electrons. The molecule has 0 fully saturated rings. The van der Waals surface area contributed by atoms with Gasteiger partial charge in [0.2, 0.25) is 0 Å². The molecule has 9 aromatic rings. The summed E-state index contributed by atoms with van der Waals surface area (Å²) in [5.41, 5.74) is 12.1. The van der Waals surface area contributed by atoms with Crippen molar-refractivity contribution in [2.75, 3.05) is 0 Å². The number of nitrogens with zero attached hydrogens (tertiary/aromatic N) is 4. The van der Waals surface area contributed by atoms with Crippen LogP contribution in [0.4, 0.5) is 0 Å². The van der Waals surface area contributed by atoms with Crippen LogP contribution in [0.3, 0.4) is 0 Å². The molecule has 4 nitrogen and oxygen atoms in total. The van der Waals surface area contributed by atoms with Gasteiger partial charge in [0, 0.05) is 38.8 Å². The van der Waals surface area contributed by atoms with Crippen LogP contribution in [0.25, 0.3) is 83.8 Å². The zero-order valence-electron chi connectivity index (χ0n) is 26.6. The minimum Gasteiger partial charge on any atom is -0.231 e. The van der Waals surface area contributed by atoms with Crippen molar-refractivity contribution in [1.29, 1.82) is 0 Å². The quantitative estimate of drug-likeness (QED) is 0.184. The van der Waals surface area contributed by atoms with Crippen LogP contribution in [0, 0.1) is 0 Å². The molecule has 0 aliphatic carbocycles. The Labute approximate surface area is 284 Å². The highest BCUT2D eigenvalue weighted by Crippen LogP contribution is 2.43. The zero-order valence-corrected chi connectivity index (χ0v) is 26.6. The lowest BCUT2D eigenvalue weighted by atomic mass is 9.94. The minimum atomic E-state index is 0.668. The second-order valence-corrected chi connectivity index (χ2v) is 12.1. The Morgan fingerprint density at radius 3 is 1.45 bits per heavy atom. The highest BCUT2D eigenvalue weighted by Gasteiger charge is 2.24. The predicted molar refractivity (Wildman–Crippen MR) is 201 cm³/mol. The Kier molecular flexibility index (Phi) is 7.10. The van der Waals surface area contributed by atoms with Crippen LogP contribution in [0.1, 0.15) is 0 Å². The highest BCUT2D eigenvalue weighted by atomic mass is 15.2. The van der Waals surface area contributed by atoms with E-state index in [4.69, 9.17) is 15.1 Å². The Morgan fingerprint density at radius 2 is 0.898 bits per heavy atom. The van der Waals surface area contributed by atoms with Crippen LogP contribution in [0.2, 0.25) is 0 Å². The second-order valence-electron chi connectivity index (χ2n) is 12.1. The summed E-state index contributed by atoms with van der Waals surface area (Å²) in [6, 6.07) is 63.0. The van der Waals surface area contributed by atoms with Gasteiger partial charge in [0.05, 0.1) is 22.6 Å². The lowest BCUT2D eigenvalue weighted by molar-refractivity contribution is 0.979. The number of benzene rings is 6. The molecular formula is C45H30N4. The normalized spacial score (nSPS) is 11.3. The van der Waals surface area contributed by atoms with Crippen LogP contribution >= 0.6 is 0 Å². The van der Waals surface area contributed by atoms with Crippen LogP contribution < -0.4 is 0 Å². The van der Waals surface area contributed by atoms with Crippen LogP contribution in [0.15, 0.2) is 182 Å². The minimum absolute atomic E-state index is 0.668. The van der Waals surface area contributed by atoms with Crippen molar-refractivity contribution in [3.05, 3.63) is 182 Å². The van der Waals surface area contributed by atoms with E-state index in [1.165, 1.54) is 0 Å². The summed E-state index contributed by atoms with van der Waals surface area (Å²) < 4.78 is 2.13. The summed E-state index contributed by atoms with van der Waals surface area (Å²) in [6.45, 7) is 0. The first-order valence-electron chi connectivity index (χ1n) is 16.5. The first kappa shape index (κ1) is 28.6. The van der Waals surface area contributed by atoms with Gasteiger partial charge in [-0.25, -0.2) is 14.5 Å². The molecule has 9 rings (SSSR count). The largest absolute Gasteiger partial charge is 0.231 e. The summed E-state index contributed by atoms with van der Waals surface area (Å²) in [7, 11) is 0. The molecule has 6 aromatic carbocycles. The molecule has 3 heterocycles. The maximum Gasteiger partial charge on any atom is 0.161 e. The molecule has 3 aromatic heterocycles. The van der Waals surface area contributed by atoms with Crippen molar-refractivity contribution in [1.82, 2.24) is 19.6 Å². The number of hydrogen-bond donors (Lipinski definition) is 0. The van der Waals surface area contributed by atoms with Crippen molar-refractivity contribution >= 4 is 16.3 Å². The fourth-order valence-corrected chi connectivity index (χ4v) is 6.74. The first-order valence-corrected chi connectivity index (χ1v) is 16.5. The molecule has 0 atom stereocenters. The molecule has 0 unspecified atom stereocenters. The molecule has 0 radical (unpaired) electrons. The van der Waals surface area contributed by atoms with Gasteiger partial charge in [0.25, 0.3) is 0 Å². The summed E-state index contributed by atoms with van der Waals surface area (Å²) in [5.74, 6) is 0.668. The third kappa shape index (κ3) is 5.16. The van der Waals surface area contributed by atoms with E-state index >= 15 is 0 Å². The second kappa shape index (κ2) is 12.2. The van der Waals surface area contributed by atoms with Crippen molar-refractivity contribution in [3.63, 3.8) is 0 Å². The third-order valence-corrected chi connectivity index (χ3v) is 9.02. The van der Waals surface area contributed by atoms with Gasteiger partial charge in [-0.1, -0.05) is 170 Å². The van der Waals surface area contributed by atoms with E-state index in [1.807, 2.05) is 18.2 Å². The maximum absolute atomic E-state index is 5.43. The summed E-state index contributed by atoms with van der Waals surface area (Å²) in [6.07, 6.45) is 0. The lowest BCUT2D eigenvalue weighted by Crippen LogP contribution is -1.99. The number of hydrogen-bond acceptors (Lipinski definition) is 3. The molecule has 0 aliphatic rings. The molecule has 0 amide bonds. The topological polar surface area (TPSA) is 43.1 Å². The number of fused-ring (bicyclic) bond motifs is 3. The van der Waals surface area contributed by atoms with E-state index in [-0.39, 0.29) is 0 Å². The Hall–Kier alpha value is -6.65. The van der Waals surface area contributed by atoms with Crippen LogP contribution in [-0.2, 0) is 0 Å². The monoisotopic (exact) mass is 626 g/mol. The van der Waals surface area contributed by atoms with E-state index < -0.39 is 0 Å². The van der Waals surface area contributed by atoms with Crippen LogP contribution in [0.5, 0.6) is 0 Å².